The van der Waals surface area contributed by atoms with Gasteiger partial charge in [0.05, 0.1) is 0 Å². The van der Waals surface area contributed by atoms with E-state index in [0.29, 0.717) is 6.61 Å². The Kier molecular flexibility index (Phi) is 4.66. The second-order valence-corrected chi connectivity index (χ2v) is 3.95. The quantitative estimate of drug-likeness (QED) is 0.221. The fourth-order valence-corrected chi connectivity index (χ4v) is 0.584. The lowest BCUT2D eigenvalue weighted by molar-refractivity contribution is 0.136. The maximum absolute atomic E-state index is 8.18. The summed E-state index contributed by atoms with van der Waals surface area (Å²) in [6.07, 6.45) is 0.964. The monoisotopic (exact) mass is 174 g/mol. The Morgan fingerprint density at radius 1 is 1.50 bits per heavy atom. The first-order valence-electron chi connectivity index (χ1n) is 4.00. The normalized spacial score (nSPS) is 13.4. The van der Waals surface area contributed by atoms with Crippen LogP contribution in [0.4, 0.5) is 0 Å². The molecule has 4 nitrogen and oxygen atoms in total. The zero-order chi connectivity index (χ0) is 9.61. The molecular formula is C8H18N2O2. The number of hydrogen-bond acceptors (Lipinski definition) is 3. The maximum Gasteiger partial charge on any atom is 0.165 e. The highest BCUT2D eigenvalue weighted by atomic mass is 16.5. The minimum atomic E-state index is 0.115. The summed E-state index contributed by atoms with van der Waals surface area (Å²) in [6, 6.07) is 0. The Hall–Kier alpha value is -0.770. The van der Waals surface area contributed by atoms with E-state index >= 15 is 0 Å². The van der Waals surface area contributed by atoms with Crippen molar-refractivity contribution in [3.05, 3.63) is 0 Å². The summed E-state index contributed by atoms with van der Waals surface area (Å²) in [5, 5.41) is 11.0. The number of nitrogens with two attached hydrogens (primary N) is 1. The number of hydrogen-bond donors (Lipinski definition) is 2. The van der Waals surface area contributed by atoms with Crippen LogP contribution in [0.1, 0.15) is 27.2 Å². The summed E-state index contributed by atoms with van der Waals surface area (Å²) in [7, 11) is 0. The fraction of sp³-hybridized carbons (Fsp3) is 0.875. The lowest BCUT2D eigenvalue weighted by atomic mass is 9.93. The zero-order valence-corrected chi connectivity index (χ0v) is 8.00. The average molecular weight is 174 g/mol. The largest absolute Gasteiger partial charge is 0.409 e. The molecule has 3 N–H and O–H groups in total. The molecule has 0 aliphatic carbocycles. The Morgan fingerprint density at radius 2 is 2.08 bits per heavy atom. The molecule has 0 aliphatic heterocycles. The summed E-state index contributed by atoms with van der Waals surface area (Å²) in [5.74, 6) is 0.115. The second-order valence-electron chi connectivity index (χ2n) is 3.95. The van der Waals surface area contributed by atoms with E-state index in [1.807, 2.05) is 0 Å². The molecule has 0 saturated carbocycles. The van der Waals surface area contributed by atoms with Gasteiger partial charge in [0.1, 0.15) is 6.61 Å². The summed E-state index contributed by atoms with van der Waals surface area (Å²) < 4.78 is 5.15. The second kappa shape index (κ2) is 4.98. The summed E-state index contributed by atoms with van der Waals surface area (Å²) in [4.78, 5) is 0. The van der Waals surface area contributed by atoms with Crippen molar-refractivity contribution in [2.75, 3.05) is 13.2 Å². The van der Waals surface area contributed by atoms with Gasteiger partial charge in [-0.25, -0.2) is 0 Å². The third kappa shape index (κ3) is 7.34. The predicted molar refractivity (Wildman–Crippen MR) is 48.3 cm³/mol. The van der Waals surface area contributed by atoms with E-state index in [2.05, 4.69) is 25.9 Å². The molecule has 0 spiro atoms. The predicted octanol–water partition coefficient (Wildman–Crippen LogP) is 1.19. The van der Waals surface area contributed by atoms with Gasteiger partial charge in [-0.15, -0.1) is 0 Å². The molecule has 0 aromatic rings. The molecule has 0 aromatic carbocycles. The fourth-order valence-electron chi connectivity index (χ4n) is 0.584. The molecule has 72 valence electrons. The molecule has 0 amide bonds. The lowest BCUT2D eigenvalue weighted by Gasteiger charge is -2.17. The van der Waals surface area contributed by atoms with Crippen LogP contribution < -0.4 is 5.73 Å². The lowest BCUT2D eigenvalue weighted by Crippen LogP contribution is -2.20. The van der Waals surface area contributed by atoms with Crippen LogP contribution in [-0.4, -0.2) is 24.3 Å². The van der Waals surface area contributed by atoms with Crippen molar-refractivity contribution in [3.63, 3.8) is 0 Å². The smallest absolute Gasteiger partial charge is 0.165 e. The van der Waals surface area contributed by atoms with E-state index in [4.69, 9.17) is 15.7 Å². The van der Waals surface area contributed by atoms with Gasteiger partial charge in [-0.3, -0.25) is 0 Å². The molecule has 12 heavy (non-hydrogen) atoms. The SMILES string of the molecule is CC(C)(C)CCOCC(N)=NO. The van der Waals surface area contributed by atoms with Crippen molar-refractivity contribution in [2.45, 2.75) is 27.2 Å². The van der Waals surface area contributed by atoms with Crippen molar-refractivity contribution in [2.24, 2.45) is 16.3 Å². The van der Waals surface area contributed by atoms with E-state index in [-0.39, 0.29) is 17.9 Å². The third-order valence-electron chi connectivity index (χ3n) is 1.37. The number of amidine groups is 1. The Balaban J connectivity index is 3.34. The highest BCUT2D eigenvalue weighted by Gasteiger charge is 2.09. The van der Waals surface area contributed by atoms with Crippen molar-refractivity contribution in [1.29, 1.82) is 0 Å². The van der Waals surface area contributed by atoms with E-state index in [1.165, 1.54) is 0 Å². The van der Waals surface area contributed by atoms with Crippen LogP contribution in [0.3, 0.4) is 0 Å². The zero-order valence-electron chi connectivity index (χ0n) is 8.00. The molecule has 0 aromatic heterocycles. The van der Waals surface area contributed by atoms with Gasteiger partial charge in [0.25, 0.3) is 0 Å². The molecule has 0 radical (unpaired) electrons. The first-order valence-corrected chi connectivity index (χ1v) is 4.00. The van der Waals surface area contributed by atoms with Gasteiger partial charge in [-0.05, 0) is 11.8 Å². The van der Waals surface area contributed by atoms with Gasteiger partial charge in [0.15, 0.2) is 5.84 Å². The van der Waals surface area contributed by atoms with E-state index in [1.54, 1.807) is 0 Å². The number of ether oxygens (including phenoxy) is 1. The number of rotatable bonds is 4. The highest BCUT2D eigenvalue weighted by Crippen LogP contribution is 2.17. The van der Waals surface area contributed by atoms with Crippen LogP contribution in [-0.2, 0) is 4.74 Å². The first-order chi connectivity index (χ1) is 5.45. The van der Waals surface area contributed by atoms with Crippen LogP contribution in [0.15, 0.2) is 5.16 Å². The molecule has 0 atom stereocenters. The van der Waals surface area contributed by atoms with Crippen LogP contribution in [0.5, 0.6) is 0 Å². The minimum Gasteiger partial charge on any atom is -0.409 e. The van der Waals surface area contributed by atoms with Gasteiger partial charge in [-0.1, -0.05) is 25.9 Å². The Labute approximate surface area is 73.4 Å². The van der Waals surface area contributed by atoms with Crippen molar-refractivity contribution in [1.82, 2.24) is 0 Å². The van der Waals surface area contributed by atoms with E-state index < -0.39 is 0 Å². The van der Waals surface area contributed by atoms with Crippen molar-refractivity contribution < 1.29 is 9.94 Å². The molecule has 0 bridgehead atoms. The molecular weight excluding hydrogens is 156 g/mol. The summed E-state index contributed by atoms with van der Waals surface area (Å²) in [5.41, 5.74) is 5.47. The van der Waals surface area contributed by atoms with Crippen LogP contribution >= 0.6 is 0 Å². The Bertz CT molecular complexity index is 150. The third-order valence-corrected chi connectivity index (χ3v) is 1.37. The van der Waals surface area contributed by atoms with Gasteiger partial charge in [-0.2, -0.15) is 0 Å². The summed E-state index contributed by atoms with van der Waals surface area (Å²) >= 11 is 0. The molecule has 0 fully saturated rings. The number of oxime groups is 1. The molecule has 0 heterocycles. The van der Waals surface area contributed by atoms with Gasteiger partial charge in [0.2, 0.25) is 0 Å². The molecule has 0 unspecified atom stereocenters. The Morgan fingerprint density at radius 3 is 2.50 bits per heavy atom. The maximum atomic E-state index is 8.18. The molecule has 0 aliphatic rings. The molecule has 4 heteroatoms. The van der Waals surface area contributed by atoms with Crippen LogP contribution in [0, 0.1) is 5.41 Å². The van der Waals surface area contributed by atoms with Gasteiger partial charge >= 0.3 is 0 Å². The van der Waals surface area contributed by atoms with Crippen LogP contribution in [0.2, 0.25) is 0 Å². The summed E-state index contributed by atoms with van der Waals surface area (Å²) in [6.45, 7) is 7.26. The highest BCUT2D eigenvalue weighted by molar-refractivity contribution is 5.80. The van der Waals surface area contributed by atoms with Crippen molar-refractivity contribution in [3.8, 4) is 0 Å². The van der Waals surface area contributed by atoms with E-state index in [9.17, 15) is 0 Å². The average Bonchev–Trinajstić information content (AvgIpc) is 1.96. The number of nitrogens with zero attached hydrogens (tertiary/aromatic N) is 1. The first kappa shape index (κ1) is 11.2. The van der Waals surface area contributed by atoms with Crippen molar-refractivity contribution >= 4 is 5.84 Å². The van der Waals surface area contributed by atoms with Gasteiger partial charge in [0, 0.05) is 6.61 Å². The minimum absolute atomic E-state index is 0.115. The topological polar surface area (TPSA) is 67.8 Å². The molecule has 0 rings (SSSR count). The van der Waals surface area contributed by atoms with Gasteiger partial charge < -0.3 is 15.7 Å². The standard InChI is InChI=1S/C8H18N2O2/c1-8(2,3)4-5-12-6-7(9)10-11/h11H,4-6H2,1-3H3,(H2,9,10). The molecule has 0 saturated heterocycles. The van der Waals surface area contributed by atoms with Crippen LogP contribution in [0.25, 0.3) is 0 Å². The van der Waals surface area contributed by atoms with E-state index in [0.717, 1.165) is 6.42 Å².